The van der Waals surface area contributed by atoms with Gasteiger partial charge in [-0.2, -0.15) is 5.26 Å². The van der Waals surface area contributed by atoms with E-state index >= 15 is 0 Å². The SMILES string of the molecule is CNc1nc(-c2cccnc2)nc2cc(F)c(-c3ccc(C#N)cc3)cc12. The lowest BCUT2D eigenvalue weighted by Gasteiger charge is -2.11. The number of fused-ring (bicyclic) bond motifs is 1. The second-order valence-electron chi connectivity index (χ2n) is 5.93. The Morgan fingerprint density at radius 2 is 1.85 bits per heavy atom. The molecule has 0 unspecified atom stereocenters. The minimum atomic E-state index is -0.384. The molecule has 2 aromatic carbocycles. The van der Waals surface area contributed by atoms with Gasteiger partial charge >= 0.3 is 0 Å². The van der Waals surface area contributed by atoms with Gasteiger partial charge in [-0.15, -0.1) is 0 Å². The quantitative estimate of drug-likeness (QED) is 0.589. The van der Waals surface area contributed by atoms with Crippen molar-refractivity contribution in [1.29, 1.82) is 5.26 Å². The molecule has 2 aromatic heterocycles. The number of halogens is 1. The zero-order valence-electron chi connectivity index (χ0n) is 14.4. The molecule has 1 N–H and O–H groups in total. The summed E-state index contributed by atoms with van der Waals surface area (Å²) in [4.78, 5) is 13.1. The van der Waals surface area contributed by atoms with Crippen LogP contribution in [0.15, 0.2) is 60.9 Å². The number of rotatable bonds is 3. The molecular weight excluding hydrogens is 341 g/mol. The summed E-state index contributed by atoms with van der Waals surface area (Å²) in [6.07, 6.45) is 3.34. The molecule has 0 saturated heterocycles. The number of benzene rings is 2. The first-order chi connectivity index (χ1) is 13.2. The van der Waals surface area contributed by atoms with E-state index in [4.69, 9.17) is 5.26 Å². The van der Waals surface area contributed by atoms with Crippen LogP contribution in [-0.4, -0.2) is 22.0 Å². The third kappa shape index (κ3) is 3.07. The number of anilines is 1. The molecule has 0 aliphatic heterocycles. The van der Waals surface area contributed by atoms with Gasteiger partial charge < -0.3 is 5.32 Å². The standard InChI is InChI=1S/C21H14FN5/c1-24-21-17-9-16(14-6-4-13(11-23)5-7-14)18(22)10-19(17)26-20(27-21)15-3-2-8-25-12-15/h2-10,12H,1H3,(H,24,26,27). The van der Waals surface area contributed by atoms with E-state index in [0.717, 1.165) is 5.56 Å². The summed E-state index contributed by atoms with van der Waals surface area (Å²) in [5.41, 5.74) is 2.91. The molecule has 0 aliphatic rings. The maximum atomic E-state index is 14.8. The van der Waals surface area contributed by atoms with Gasteiger partial charge in [0.1, 0.15) is 11.6 Å². The van der Waals surface area contributed by atoms with Crippen molar-refractivity contribution in [1.82, 2.24) is 15.0 Å². The largest absolute Gasteiger partial charge is 0.373 e. The predicted molar refractivity (Wildman–Crippen MR) is 102 cm³/mol. The fourth-order valence-corrected chi connectivity index (χ4v) is 2.91. The number of pyridine rings is 1. The van der Waals surface area contributed by atoms with Gasteiger partial charge in [-0.1, -0.05) is 12.1 Å². The first kappa shape index (κ1) is 16.6. The topological polar surface area (TPSA) is 74.5 Å². The van der Waals surface area contributed by atoms with Gasteiger partial charge in [-0.05, 0) is 35.9 Å². The van der Waals surface area contributed by atoms with Gasteiger partial charge in [0.15, 0.2) is 5.82 Å². The molecule has 4 rings (SSSR count). The van der Waals surface area contributed by atoms with Gasteiger partial charge in [0.2, 0.25) is 0 Å². The summed E-state index contributed by atoms with van der Waals surface area (Å²) < 4.78 is 14.8. The van der Waals surface area contributed by atoms with Gasteiger partial charge in [0.25, 0.3) is 0 Å². The zero-order valence-corrected chi connectivity index (χ0v) is 14.4. The second kappa shape index (κ2) is 6.81. The van der Waals surface area contributed by atoms with Gasteiger partial charge in [0, 0.05) is 42.0 Å². The van der Waals surface area contributed by atoms with Crippen molar-refractivity contribution in [3.8, 4) is 28.6 Å². The summed E-state index contributed by atoms with van der Waals surface area (Å²) in [6.45, 7) is 0. The van der Waals surface area contributed by atoms with Crippen molar-refractivity contribution in [3.63, 3.8) is 0 Å². The van der Waals surface area contributed by atoms with Crippen molar-refractivity contribution in [2.24, 2.45) is 0 Å². The van der Waals surface area contributed by atoms with E-state index in [1.807, 2.05) is 6.07 Å². The van der Waals surface area contributed by atoms with Gasteiger partial charge in [-0.3, -0.25) is 4.98 Å². The molecule has 130 valence electrons. The third-order valence-corrected chi connectivity index (χ3v) is 4.27. The monoisotopic (exact) mass is 355 g/mol. The third-order valence-electron chi connectivity index (χ3n) is 4.27. The molecule has 0 bridgehead atoms. The Morgan fingerprint density at radius 1 is 1.04 bits per heavy atom. The molecule has 0 aliphatic carbocycles. The molecule has 6 heteroatoms. The molecule has 2 heterocycles. The predicted octanol–water partition coefficient (Wildman–Crippen LogP) is 4.41. The highest BCUT2D eigenvalue weighted by molar-refractivity contribution is 5.94. The molecule has 5 nitrogen and oxygen atoms in total. The normalized spacial score (nSPS) is 10.6. The summed E-state index contributed by atoms with van der Waals surface area (Å²) >= 11 is 0. The fraction of sp³-hybridized carbons (Fsp3) is 0.0476. The summed E-state index contributed by atoms with van der Waals surface area (Å²) in [7, 11) is 1.76. The molecular formula is C21H14FN5. The highest BCUT2D eigenvalue weighted by atomic mass is 19.1. The lowest BCUT2D eigenvalue weighted by atomic mass is 10.0. The fourth-order valence-electron chi connectivity index (χ4n) is 2.91. The van der Waals surface area contributed by atoms with E-state index in [9.17, 15) is 4.39 Å². The van der Waals surface area contributed by atoms with Crippen LogP contribution in [0.5, 0.6) is 0 Å². The Morgan fingerprint density at radius 3 is 2.52 bits per heavy atom. The molecule has 0 saturated carbocycles. The molecule has 27 heavy (non-hydrogen) atoms. The van der Waals surface area contributed by atoms with Crippen LogP contribution in [0, 0.1) is 17.1 Å². The Labute approximate surface area is 155 Å². The van der Waals surface area contributed by atoms with Gasteiger partial charge in [0.05, 0.1) is 17.1 Å². The van der Waals surface area contributed by atoms with Crippen LogP contribution in [0.1, 0.15) is 5.56 Å². The van der Waals surface area contributed by atoms with Crippen molar-refractivity contribution in [2.45, 2.75) is 0 Å². The van der Waals surface area contributed by atoms with Crippen LogP contribution in [0.25, 0.3) is 33.4 Å². The van der Waals surface area contributed by atoms with E-state index in [0.29, 0.717) is 39.2 Å². The van der Waals surface area contributed by atoms with Crippen LogP contribution in [-0.2, 0) is 0 Å². The van der Waals surface area contributed by atoms with Crippen LogP contribution < -0.4 is 5.32 Å². The molecule has 0 radical (unpaired) electrons. The number of hydrogen-bond acceptors (Lipinski definition) is 5. The number of aromatic nitrogens is 3. The van der Waals surface area contributed by atoms with E-state index in [2.05, 4.69) is 26.3 Å². The average Bonchev–Trinajstić information content (AvgIpc) is 2.73. The van der Waals surface area contributed by atoms with E-state index in [1.165, 1.54) is 6.07 Å². The van der Waals surface area contributed by atoms with Crippen molar-refractivity contribution in [3.05, 3.63) is 72.3 Å². The Balaban J connectivity index is 1.90. The Bertz CT molecular complexity index is 1170. The van der Waals surface area contributed by atoms with E-state index < -0.39 is 0 Å². The van der Waals surface area contributed by atoms with Crippen LogP contribution >= 0.6 is 0 Å². The number of hydrogen-bond donors (Lipinski definition) is 1. The first-order valence-corrected chi connectivity index (χ1v) is 8.29. The number of nitriles is 1. The highest BCUT2D eigenvalue weighted by Crippen LogP contribution is 2.31. The Hall–Kier alpha value is -3.85. The van der Waals surface area contributed by atoms with E-state index in [-0.39, 0.29) is 5.82 Å². The van der Waals surface area contributed by atoms with Crippen LogP contribution in [0.3, 0.4) is 0 Å². The lowest BCUT2D eigenvalue weighted by molar-refractivity contribution is 0.633. The molecule has 0 spiro atoms. The minimum absolute atomic E-state index is 0.384. The molecule has 4 aromatic rings. The summed E-state index contributed by atoms with van der Waals surface area (Å²) in [6, 6.07) is 15.6. The first-order valence-electron chi connectivity index (χ1n) is 8.29. The maximum Gasteiger partial charge on any atom is 0.163 e. The molecule has 0 fully saturated rings. The van der Waals surface area contributed by atoms with Crippen molar-refractivity contribution in [2.75, 3.05) is 12.4 Å². The van der Waals surface area contributed by atoms with Crippen molar-refractivity contribution >= 4 is 16.7 Å². The number of nitrogens with zero attached hydrogens (tertiary/aromatic N) is 4. The summed E-state index contributed by atoms with van der Waals surface area (Å²) in [5, 5.41) is 12.7. The van der Waals surface area contributed by atoms with Gasteiger partial charge in [-0.25, -0.2) is 14.4 Å². The zero-order chi connectivity index (χ0) is 18.8. The lowest BCUT2D eigenvalue weighted by Crippen LogP contribution is -2.00. The highest BCUT2D eigenvalue weighted by Gasteiger charge is 2.14. The minimum Gasteiger partial charge on any atom is -0.373 e. The number of nitrogens with one attached hydrogen (secondary N) is 1. The van der Waals surface area contributed by atoms with Crippen molar-refractivity contribution < 1.29 is 4.39 Å². The smallest absolute Gasteiger partial charge is 0.163 e. The summed E-state index contributed by atoms with van der Waals surface area (Å²) in [5.74, 6) is 0.698. The van der Waals surface area contributed by atoms with E-state index in [1.54, 1.807) is 55.8 Å². The maximum absolute atomic E-state index is 14.8. The van der Waals surface area contributed by atoms with Crippen LogP contribution in [0.4, 0.5) is 10.2 Å². The average molecular weight is 355 g/mol. The Kier molecular flexibility index (Phi) is 4.19. The van der Waals surface area contributed by atoms with Crippen LogP contribution in [0.2, 0.25) is 0 Å². The second-order valence-corrected chi connectivity index (χ2v) is 5.93. The molecule has 0 amide bonds. The molecule has 0 atom stereocenters.